The van der Waals surface area contributed by atoms with E-state index in [-0.39, 0.29) is 43.9 Å². The molecule has 0 amide bonds. The van der Waals surface area contributed by atoms with Crippen LogP contribution in [0.2, 0.25) is 0 Å². The van der Waals surface area contributed by atoms with Crippen LogP contribution in [0, 0.1) is 5.82 Å². The predicted octanol–water partition coefficient (Wildman–Crippen LogP) is 0.942. The Morgan fingerprint density at radius 2 is 1.62 bits per heavy atom. The van der Waals surface area contributed by atoms with Crippen LogP contribution in [0.1, 0.15) is 11.7 Å². The molecule has 10 heteroatoms. The topological polar surface area (TPSA) is 113 Å². The molecule has 0 aliphatic rings. The first-order chi connectivity index (χ1) is 12.5. The number of halogens is 1. The van der Waals surface area contributed by atoms with E-state index < -0.39 is 17.9 Å². The van der Waals surface area contributed by atoms with E-state index >= 15 is 0 Å². The van der Waals surface area contributed by atoms with Crippen molar-refractivity contribution in [1.29, 1.82) is 0 Å². The SMILES string of the molecule is COCCOCOc1cc(C(O)C(=O)O)cc(F)c1OCOCCOC. The number of rotatable bonds is 14. The summed E-state index contributed by atoms with van der Waals surface area (Å²) in [6, 6.07) is 2.01. The van der Waals surface area contributed by atoms with Crippen LogP contribution >= 0.6 is 0 Å². The summed E-state index contributed by atoms with van der Waals surface area (Å²) < 4.78 is 44.6. The van der Waals surface area contributed by atoms with E-state index in [1.165, 1.54) is 14.2 Å². The normalized spacial score (nSPS) is 12.0. The number of benzene rings is 1. The molecule has 26 heavy (non-hydrogen) atoms. The van der Waals surface area contributed by atoms with Gasteiger partial charge in [-0.1, -0.05) is 0 Å². The minimum absolute atomic E-state index is 0.131. The van der Waals surface area contributed by atoms with Gasteiger partial charge in [-0.2, -0.15) is 0 Å². The van der Waals surface area contributed by atoms with Gasteiger partial charge in [0.1, 0.15) is 0 Å². The quantitative estimate of drug-likeness (QED) is 0.361. The van der Waals surface area contributed by atoms with Crippen LogP contribution in [0.25, 0.3) is 0 Å². The number of carbonyl (C=O) groups is 1. The van der Waals surface area contributed by atoms with Crippen molar-refractivity contribution in [3.8, 4) is 11.5 Å². The Bertz CT molecular complexity index is 553. The maximum absolute atomic E-state index is 14.3. The molecule has 1 atom stereocenters. The van der Waals surface area contributed by atoms with Gasteiger partial charge in [0.05, 0.1) is 26.4 Å². The van der Waals surface area contributed by atoms with Gasteiger partial charge in [-0.05, 0) is 17.7 Å². The van der Waals surface area contributed by atoms with Crippen molar-refractivity contribution < 1.29 is 47.8 Å². The minimum atomic E-state index is -1.91. The number of hydrogen-bond acceptors (Lipinski definition) is 8. The molecule has 0 radical (unpaired) electrons. The Morgan fingerprint density at radius 3 is 2.15 bits per heavy atom. The van der Waals surface area contributed by atoms with Crippen LogP contribution in [-0.2, 0) is 23.7 Å². The van der Waals surface area contributed by atoms with E-state index in [1.807, 2.05) is 0 Å². The average Bonchev–Trinajstić information content (AvgIpc) is 2.62. The molecule has 1 rings (SSSR count). The molecule has 0 aromatic heterocycles. The zero-order valence-electron chi connectivity index (χ0n) is 14.6. The number of ether oxygens (including phenoxy) is 6. The van der Waals surface area contributed by atoms with Crippen molar-refractivity contribution in [2.45, 2.75) is 6.10 Å². The van der Waals surface area contributed by atoms with E-state index in [0.29, 0.717) is 13.2 Å². The fraction of sp³-hybridized carbons (Fsp3) is 0.562. The first-order valence-corrected chi connectivity index (χ1v) is 7.64. The number of aliphatic carboxylic acids is 1. The summed E-state index contributed by atoms with van der Waals surface area (Å²) in [7, 11) is 3.01. The van der Waals surface area contributed by atoms with E-state index in [9.17, 15) is 14.3 Å². The highest BCUT2D eigenvalue weighted by atomic mass is 19.1. The maximum atomic E-state index is 14.3. The van der Waals surface area contributed by atoms with Crippen LogP contribution in [0.3, 0.4) is 0 Å². The second-order valence-corrected chi connectivity index (χ2v) is 4.90. The first kappa shape index (κ1) is 22.1. The lowest BCUT2D eigenvalue weighted by molar-refractivity contribution is -0.146. The van der Waals surface area contributed by atoms with Crippen LogP contribution in [0.4, 0.5) is 4.39 Å². The summed E-state index contributed by atoms with van der Waals surface area (Å²) in [4.78, 5) is 10.9. The van der Waals surface area contributed by atoms with Crippen molar-refractivity contribution >= 4 is 5.97 Å². The van der Waals surface area contributed by atoms with Gasteiger partial charge >= 0.3 is 5.97 Å². The van der Waals surface area contributed by atoms with Gasteiger partial charge in [0.15, 0.2) is 37.0 Å². The molecule has 148 valence electrons. The number of carboxylic acids is 1. The highest BCUT2D eigenvalue weighted by Crippen LogP contribution is 2.34. The summed E-state index contributed by atoms with van der Waals surface area (Å²) in [6.07, 6.45) is -1.91. The Kier molecular flexibility index (Phi) is 10.5. The van der Waals surface area contributed by atoms with Crippen molar-refractivity contribution in [3.05, 3.63) is 23.5 Å². The molecule has 0 heterocycles. The number of carboxylic acid groups (broad SMARTS) is 1. The van der Waals surface area contributed by atoms with Crippen molar-refractivity contribution in [1.82, 2.24) is 0 Å². The number of aliphatic hydroxyl groups excluding tert-OH is 1. The van der Waals surface area contributed by atoms with Gasteiger partial charge in [-0.3, -0.25) is 0 Å². The zero-order chi connectivity index (χ0) is 19.4. The molecule has 1 unspecified atom stereocenters. The summed E-state index contributed by atoms with van der Waals surface area (Å²) >= 11 is 0. The third-order valence-corrected chi connectivity index (χ3v) is 3.03. The van der Waals surface area contributed by atoms with Crippen LogP contribution in [0.5, 0.6) is 11.5 Å². The highest BCUT2D eigenvalue weighted by Gasteiger charge is 2.22. The fourth-order valence-electron chi connectivity index (χ4n) is 1.74. The van der Waals surface area contributed by atoms with E-state index in [2.05, 4.69) is 0 Å². The lowest BCUT2D eigenvalue weighted by Crippen LogP contribution is -2.14. The summed E-state index contributed by atoms with van der Waals surface area (Å²) in [5.74, 6) is -2.86. The molecular formula is C16H23FO9. The molecule has 0 aliphatic heterocycles. The molecule has 0 saturated carbocycles. The van der Waals surface area contributed by atoms with Crippen LogP contribution < -0.4 is 9.47 Å². The summed E-state index contributed by atoms with van der Waals surface area (Å²) in [6.45, 7) is 0.633. The Balaban J connectivity index is 2.84. The van der Waals surface area contributed by atoms with Crippen LogP contribution in [-0.4, -0.2) is 70.4 Å². The first-order valence-electron chi connectivity index (χ1n) is 7.64. The van der Waals surface area contributed by atoms with E-state index in [4.69, 9.17) is 33.5 Å². The maximum Gasteiger partial charge on any atom is 0.337 e. The van der Waals surface area contributed by atoms with Crippen molar-refractivity contribution in [2.75, 3.05) is 54.2 Å². The smallest absolute Gasteiger partial charge is 0.337 e. The third-order valence-electron chi connectivity index (χ3n) is 3.03. The minimum Gasteiger partial charge on any atom is -0.479 e. The standard InChI is InChI=1S/C16H23FO9/c1-21-3-5-23-9-25-13-8-11(14(18)16(19)20)7-12(17)15(13)26-10-24-6-4-22-2/h7-8,14,18H,3-6,9-10H2,1-2H3,(H,19,20). The Hall–Kier alpha value is -1.98. The Labute approximate surface area is 150 Å². The number of aliphatic hydroxyl groups is 1. The monoisotopic (exact) mass is 378 g/mol. The molecule has 1 aromatic carbocycles. The van der Waals surface area contributed by atoms with Gasteiger partial charge in [-0.15, -0.1) is 0 Å². The molecule has 0 spiro atoms. The zero-order valence-corrected chi connectivity index (χ0v) is 14.6. The molecule has 1 aromatic rings. The second kappa shape index (κ2) is 12.4. The largest absolute Gasteiger partial charge is 0.479 e. The molecule has 0 saturated heterocycles. The fourth-order valence-corrected chi connectivity index (χ4v) is 1.74. The van der Waals surface area contributed by atoms with Gasteiger partial charge in [0.2, 0.25) is 0 Å². The molecule has 2 N–H and O–H groups in total. The second-order valence-electron chi connectivity index (χ2n) is 4.90. The molecular weight excluding hydrogens is 355 g/mol. The Morgan fingerprint density at radius 1 is 1.04 bits per heavy atom. The third kappa shape index (κ3) is 7.50. The summed E-state index contributed by atoms with van der Waals surface area (Å²) in [5.41, 5.74) is -0.199. The van der Waals surface area contributed by atoms with E-state index in [0.717, 1.165) is 12.1 Å². The van der Waals surface area contributed by atoms with Gasteiger partial charge in [0, 0.05) is 14.2 Å². The number of methoxy groups -OCH3 is 2. The van der Waals surface area contributed by atoms with Crippen molar-refractivity contribution in [3.63, 3.8) is 0 Å². The predicted molar refractivity (Wildman–Crippen MR) is 85.6 cm³/mol. The van der Waals surface area contributed by atoms with Crippen LogP contribution in [0.15, 0.2) is 12.1 Å². The lowest BCUT2D eigenvalue weighted by Gasteiger charge is -2.16. The highest BCUT2D eigenvalue weighted by molar-refractivity contribution is 5.74. The van der Waals surface area contributed by atoms with Gasteiger partial charge < -0.3 is 38.6 Å². The number of hydrogen-bond donors (Lipinski definition) is 2. The van der Waals surface area contributed by atoms with E-state index in [1.54, 1.807) is 0 Å². The lowest BCUT2D eigenvalue weighted by atomic mass is 10.1. The summed E-state index contributed by atoms with van der Waals surface area (Å²) in [5, 5.41) is 18.5. The molecule has 9 nitrogen and oxygen atoms in total. The average molecular weight is 378 g/mol. The molecule has 0 fully saturated rings. The van der Waals surface area contributed by atoms with Gasteiger partial charge in [0.25, 0.3) is 0 Å². The molecule has 0 aliphatic carbocycles. The molecule has 0 bridgehead atoms. The van der Waals surface area contributed by atoms with Gasteiger partial charge in [-0.25, -0.2) is 9.18 Å². The van der Waals surface area contributed by atoms with Crippen molar-refractivity contribution in [2.24, 2.45) is 0 Å².